The third-order valence-corrected chi connectivity index (χ3v) is 4.16. The van der Waals surface area contributed by atoms with Crippen LogP contribution in [0.25, 0.3) is 0 Å². The summed E-state index contributed by atoms with van der Waals surface area (Å²) in [5.41, 5.74) is -0.871. The van der Waals surface area contributed by atoms with E-state index in [0.717, 1.165) is 29.0 Å². The highest BCUT2D eigenvalue weighted by atomic mass is 79.9. The van der Waals surface area contributed by atoms with Gasteiger partial charge in [0, 0.05) is 10.7 Å². The number of rotatable bonds is 3. The molecular formula is C12H14BrF3OS. The van der Waals surface area contributed by atoms with E-state index in [2.05, 4.69) is 15.9 Å². The Hall–Kier alpha value is -0.200. The average molecular weight is 343 g/mol. The zero-order valence-corrected chi connectivity index (χ0v) is 12.9. The minimum absolute atomic E-state index is 0.144. The lowest BCUT2D eigenvalue weighted by molar-refractivity contribution is -0.243. The van der Waals surface area contributed by atoms with Crippen molar-refractivity contribution in [3.63, 3.8) is 0 Å². The molecule has 0 radical (unpaired) electrons. The fraction of sp³-hybridized carbons (Fsp3) is 0.500. The van der Waals surface area contributed by atoms with Gasteiger partial charge in [0.1, 0.15) is 0 Å². The zero-order valence-electron chi connectivity index (χ0n) is 10.5. The van der Waals surface area contributed by atoms with Crippen LogP contribution in [0.2, 0.25) is 0 Å². The largest absolute Gasteiger partial charge is 0.422 e. The minimum Gasteiger partial charge on any atom is -0.295 e. The highest BCUT2D eigenvalue weighted by Crippen LogP contribution is 2.45. The molecule has 1 atom stereocenters. The molecule has 0 fully saturated rings. The van der Waals surface area contributed by atoms with Crippen LogP contribution >= 0.6 is 28.0 Å². The molecule has 0 aliphatic heterocycles. The van der Waals surface area contributed by atoms with Gasteiger partial charge in [-0.2, -0.15) is 13.2 Å². The Morgan fingerprint density at radius 3 is 2.17 bits per heavy atom. The predicted molar refractivity (Wildman–Crippen MR) is 71.6 cm³/mol. The lowest BCUT2D eigenvalue weighted by Gasteiger charge is -2.32. The fourth-order valence-corrected chi connectivity index (χ4v) is 2.68. The van der Waals surface area contributed by atoms with Gasteiger partial charge in [0.05, 0.1) is 0 Å². The third kappa shape index (κ3) is 2.86. The van der Waals surface area contributed by atoms with Crippen LogP contribution in [0.5, 0.6) is 0 Å². The zero-order chi connectivity index (χ0) is 14.1. The standard InChI is InChI=1S/C12H14BrF3OS/c1-7-6-10(13)8(2)5-9(7)11(3,17-18-4)12(14,15)16/h5-6H,1-4H3. The van der Waals surface area contributed by atoms with E-state index < -0.39 is 11.8 Å². The molecule has 1 aromatic rings. The highest BCUT2D eigenvalue weighted by Gasteiger charge is 2.55. The second kappa shape index (κ2) is 5.43. The normalized spacial score (nSPS) is 15.6. The van der Waals surface area contributed by atoms with Crippen LogP contribution in [0.1, 0.15) is 23.6 Å². The molecule has 0 heterocycles. The topological polar surface area (TPSA) is 9.23 Å². The maximum absolute atomic E-state index is 13.2. The first-order valence-electron chi connectivity index (χ1n) is 5.19. The SMILES string of the molecule is CSOC(C)(c1cc(C)c(Br)cc1C)C(F)(F)F. The number of alkyl halides is 3. The second-order valence-electron chi connectivity index (χ2n) is 4.20. The Labute approximate surface area is 117 Å². The van der Waals surface area contributed by atoms with Crippen molar-refractivity contribution in [2.75, 3.05) is 6.26 Å². The van der Waals surface area contributed by atoms with Gasteiger partial charge in [-0.15, -0.1) is 0 Å². The van der Waals surface area contributed by atoms with Crippen molar-refractivity contribution in [3.8, 4) is 0 Å². The van der Waals surface area contributed by atoms with E-state index in [1.54, 1.807) is 19.9 Å². The quantitative estimate of drug-likeness (QED) is 0.703. The molecule has 0 aliphatic carbocycles. The van der Waals surface area contributed by atoms with Crippen LogP contribution in [-0.2, 0) is 9.78 Å². The molecule has 0 saturated carbocycles. The first-order valence-corrected chi connectivity index (χ1v) is 7.13. The van der Waals surface area contributed by atoms with Gasteiger partial charge in [-0.25, -0.2) is 0 Å². The smallest absolute Gasteiger partial charge is 0.295 e. The lowest BCUT2D eigenvalue weighted by Crippen LogP contribution is -2.41. The van der Waals surface area contributed by atoms with Crippen LogP contribution in [0.15, 0.2) is 16.6 Å². The number of benzene rings is 1. The molecule has 1 unspecified atom stereocenters. The molecule has 0 N–H and O–H groups in total. The molecule has 0 spiro atoms. The molecule has 102 valence electrons. The Morgan fingerprint density at radius 1 is 1.17 bits per heavy atom. The van der Waals surface area contributed by atoms with Crippen LogP contribution in [0.3, 0.4) is 0 Å². The van der Waals surface area contributed by atoms with Crippen molar-refractivity contribution in [2.24, 2.45) is 0 Å². The fourth-order valence-electron chi connectivity index (χ4n) is 1.71. The van der Waals surface area contributed by atoms with Crippen molar-refractivity contribution in [1.29, 1.82) is 0 Å². The van der Waals surface area contributed by atoms with E-state index in [0.29, 0.717) is 5.56 Å². The first kappa shape index (κ1) is 15.9. The van der Waals surface area contributed by atoms with E-state index in [1.807, 2.05) is 0 Å². The summed E-state index contributed by atoms with van der Waals surface area (Å²) < 4.78 is 45.4. The lowest BCUT2D eigenvalue weighted by atomic mass is 9.90. The summed E-state index contributed by atoms with van der Waals surface area (Å²) in [5, 5.41) is 0. The summed E-state index contributed by atoms with van der Waals surface area (Å²) in [6.07, 6.45) is -2.99. The molecule has 0 aliphatic rings. The number of halogens is 4. The van der Waals surface area contributed by atoms with Crippen LogP contribution in [0, 0.1) is 13.8 Å². The Balaban J connectivity index is 3.44. The van der Waals surface area contributed by atoms with E-state index in [9.17, 15) is 13.2 Å². The Morgan fingerprint density at radius 2 is 1.72 bits per heavy atom. The van der Waals surface area contributed by atoms with Crippen molar-refractivity contribution in [1.82, 2.24) is 0 Å². The maximum Gasteiger partial charge on any atom is 0.422 e. The van der Waals surface area contributed by atoms with E-state index in [1.165, 1.54) is 12.3 Å². The van der Waals surface area contributed by atoms with Gasteiger partial charge >= 0.3 is 6.18 Å². The number of hydrogen-bond donors (Lipinski definition) is 0. The van der Waals surface area contributed by atoms with Crippen LogP contribution < -0.4 is 0 Å². The number of aryl methyl sites for hydroxylation is 2. The molecule has 18 heavy (non-hydrogen) atoms. The predicted octanol–water partition coefficient (Wildman–Crippen LogP) is 5.14. The van der Waals surface area contributed by atoms with Gasteiger partial charge in [0.25, 0.3) is 0 Å². The monoisotopic (exact) mass is 342 g/mol. The molecule has 0 aromatic heterocycles. The Kier molecular flexibility index (Phi) is 4.78. The summed E-state index contributed by atoms with van der Waals surface area (Å²) in [5.74, 6) is 0. The van der Waals surface area contributed by atoms with Crippen molar-refractivity contribution < 1.29 is 17.4 Å². The molecule has 1 aromatic carbocycles. The van der Waals surface area contributed by atoms with Gasteiger partial charge in [0.2, 0.25) is 5.60 Å². The molecule has 1 rings (SSSR count). The average Bonchev–Trinajstić information content (AvgIpc) is 2.22. The van der Waals surface area contributed by atoms with Gasteiger partial charge in [-0.05, 0) is 55.6 Å². The van der Waals surface area contributed by atoms with Gasteiger partial charge in [-0.1, -0.05) is 22.0 Å². The molecule has 6 heteroatoms. The maximum atomic E-state index is 13.2. The molecule has 0 bridgehead atoms. The van der Waals surface area contributed by atoms with E-state index in [4.69, 9.17) is 4.18 Å². The van der Waals surface area contributed by atoms with Gasteiger partial charge in [0.15, 0.2) is 0 Å². The summed E-state index contributed by atoms with van der Waals surface area (Å²) in [6, 6.07) is 3.20. The van der Waals surface area contributed by atoms with Crippen LogP contribution in [-0.4, -0.2) is 12.4 Å². The highest BCUT2D eigenvalue weighted by molar-refractivity contribution is 9.10. The van der Waals surface area contributed by atoms with Gasteiger partial charge in [-0.3, -0.25) is 4.18 Å². The number of hydrogen-bond acceptors (Lipinski definition) is 2. The summed E-state index contributed by atoms with van der Waals surface area (Å²) in [4.78, 5) is 0. The van der Waals surface area contributed by atoms with Crippen LogP contribution in [0.4, 0.5) is 13.2 Å². The summed E-state index contributed by atoms with van der Waals surface area (Å²) in [6.45, 7) is 4.45. The third-order valence-electron chi connectivity index (χ3n) is 2.81. The van der Waals surface area contributed by atoms with Crippen molar-refractivity contribution in [3.05, 3.63) is 33.3 Å². The van der Waals surface area contributed by atoms with Crippen molar-refractivity contribution in [2.45, 2.75) is 32.5 Å². The molecule has 0 amide bonds. The molecular weight excluding hydrogens is 329 g/mol. The van der Waals surface area contributed by atoms with E-state index in [-0.39, 0.29) is 5.56 Å². The summed E-state index contributed by atoms with van der Waals surface area (Å²) >= 11 is 4.03. The van der Waals surface area contributed by atoms with E-state index >= 15 is 0 Å². The summed E-state index contributed by atoms with van der Waals surface area (Å²) in [7, 11) is 0. The molecule has 1 nitrogen and oxygen atoms in total. The van der Waals surface area contributed by atoms with Gasteiger partial charge < -0.3 is 0 Å². The van der Waals surface area contributed by atoms with Crippen molar-refractivity contribution >= 4 is 28.0 Å². The molecule has 0 saturated heterocycles. The minimum atomic E-state index is -4.47. The Bertz CT molecular complexity index is 448. The second-order valence-corrected chi connectivity index (χ2v) is 5.55. The first-order chi connectivity index (χ1) is 8.13.